The van der Waals surface area contributed by atoms with E-state index in [2.05, 4.69) is 6.92 Å². The second-order valence-electron chi connectivity index (χ2n) is 6.96. The van der Waals surface area contributed by atoms with Crippen LogP contribution in [0.3, 0.4) is 0 Å². The van der Waals surface area contributed by atoms with Crippen LogP contribution in [0.2, 0.25) is 0 Å². The number of nitrogens with two attached hydrogens (primary N) is 1. The molecular weight excluding hydrogens is 234 g/mol. The fourth-order valence-electron chi connectivity index (χ4n) is 3.97. The Morgan fingerprint density at radius 1 is 1.16 bits per heavy atom. The molecule has 0 aromatic carbocycles. The van der Waals surface area contributed by atoms with Gasteiger partial charge in [0.2, 0.25) is 0 Å². The van der Waals surface area contributed by atoms with Crippen LogP contribution in [0.15, 0.2) is 0 Å². The number of ether oxygens (including phenoxy) is 1. The van der Waals surface area contributed by atoms with Crippen molar-refractivity contribution in [3.8, 4) is 0 Å². The lowest BCUT2D eigenvalue weighted by atomic mass is 9.67. The van der Waals surface area contributed by atoms with E-state index in [1.165, 1.54) is 70.6 Å². The Balaban J connectivity index is 1.73. The standard InChI is InChI=1S/C17H33NO/c1-2-3-5-15-7-10-17(14-18,11-8-15)12-9-16-6-4-13-19-16/h15-16H,2-14,18H2,1H3. The molecule has 1 saturated carbocycles. The van der Waals surface area contributed by atoms with E-state index in [-0.39, 0.29) is 0 Å². The molecule has 2 N–H and O–H groups in total. The van der Waals surface area contributed by atoms with E-state index < -0.39 is 0 Å². The normalized spacial score (nSPS) is 35.7. The van der Waals surface area contributed by atoms with Gasteiger partial charge in [-0.15, -0.1) is 0 Å². The zero-order valence-electron chi connectivity index (χ0n) is 12.8. The zero-order valence-corrected chi connectivity index (χ0v) is 12.8. The van der Waals surface area contributed by atoms with Crippen LogP contribution in [-0.4, -0.2) is 19.3 Å². The molecular formula is C17H33NO. The van der Waals surface area contributed by atoms with E-state index >= 15 is 0 Å². The van der Waals surface area contributed by atoms with Crippen LogP contribution in [0.1, 0.15) is 77.6 Å². The number of unbranched alkanes of at least 4 members (excludes halogenated alkanes) is 1. The van der Waals surface area contributed by atoms with E-state index in [4.69, 9.17) is 10.5 Å². The summed E-state index contributed by atoms with van der Waals surface area (Å²) in [5, 5.41) is 0. The molecule has 19 heavy (non-hydrogen) atoms. The number of rotatable bonds is 7. The Hall–Kier alpha value is -0.0800. The predicted molar refractivity (Wildman–Crippen MR) is 81.2 cm³/mol. The van der Waals surface area contributed by atoms with Gasteiger partial charge in [-0.25, -0.2) is 0 Å². The molecule has 2 fully saturated rings. The third-order valence-corrected chi connectivity index (χ3v) is 5.59. The molecule has 2 aliphatic rings. The Labute approximate surface area is 119 Å². The first kappa shape index (κ1) is 15.3. The summed E-state index contributed by atoms with van der Waals surface area (Å²) in [6, 6.07) is 0. The minimum absolute atomic E-state index is 0.453. The predicted octanol–water partition coefficient (Wildman–Crippen LogP) is 4.27. The molecule has 2 rings (SSSR count). The summed E-state index contributed by atoms with van der Waals surface area (Å²) < 4.78 is 5.77. The minimum Gasteiger partial charge on any atom is -0.378 e. The summed E-state index contributed by atoms with van der Waals surface area (Å²) in [6.45, 7) is 4.17. The first-order valence-corrected chi connectivity index (χ1v) is 8.60. The van der Waals surface area contributed by atoms with Gasteiger partial charge in [0.25, 0.3) is 0 Å². The van der Waals surface area contributed by atoms with E-state index in [0.29, 0.717) is 11.5 Å². The van der Waals surface area contributed by atoms with Gasteiger partial charge in [0.1, 0.15) is 0 Å². The fraction of sp³-hybridized carbons (Fsp3) is 1.00. The largest absolute Gasteiger partial charge is 0.378 e. The van der Waals surface area contributed by atoms with Crippen molar-refractivity contribution in [1.82, 2.24) is 0 Å². The van der Waals surface area contributed by atoms with Crippen molar-refractivity contribution in [2.45, 2.75) is 83.7 Å². The molecule has 2 nitrogen and oxygen atoms in total. The average molecular weight is 267 g/mol. The molecule has 1 unspecified atom stereocenters. The SMILES string of the molecule is CCCCC1CCC(CN)(CCC2CCCO2)CC1. The maximum atomic E-state index is 6.13. The Bertz CT molecular complexity index is 240. The lowest BCUT2D eigenvalue weighted by molar-refractivity contribution is 0.0715. The topological polar surface area (TPSA) is 35.2 Å². The van der Waals surface area contributed by atoms with Gasteiger partial charge in [0.05, 0.1) is 6.10 Å². The van der Waals surface area contributed by atoms with E-state index in [0.717, 1.165) is 19.1 Å². The molecule has 0 aromatic rings. The maximum absolute atomic E-state index is 6.13. The van der Waals surface area contributed by atoms with Crippen LogP contribution < -0.4 is 5.73 Å². The quantitative estimate of drug-likeness (QED) is 0.747. The molecule has 1 aliphatic heterocycles. The summed E-state index contributed by atoms with van der Waals surface area (Å²) in [4.78, 5) is 0. The van der Waals surface area contributed by atoms with E-state index in [1.807, 2.05) is 0 Å². The van der Waals surface area contributed by atoms with Gasteiger partial charge in [-0.3, -0.25) is 0 Å². The zero-order chi connectivity index (χ0) is 13.6. The minimum atomic E-state index is 0.453. The molecule has 0 amide bonds. The van der Waals surface area contributed by atoms with Gasteiger partial charge in [-0.05, 0) is 69.2 Å². The second-order valence-corrected chi connectivity index (χ2v) is 6.96. The van der Waals surface area contributed by atoms with Crippen LogP contribution in [0, 0.1) is 11.3 Å². The van der Waals surface area contributed by atoms with Crippen LogP contribution in [-0.2, 0) is 4.74 Å². The monoisotopic (exact) mass is 267 g/mol. The average Bonchev–Trinajstić information content (AvgIpc) is 2.97. The van der Waals surface area contributed by atoms with Gasteiger partial charge in [0.15, 0.2) is 0 Å². The number of hydrogen-bond donors (Lipinski definition) is 1. The lowest BCUT2D eigenvalue weighted by Gasteiger charge is -2.40. The highest BCUT2D eigenvalue weighted by atomic mass is 16.5. The fourth-order valence-corrected chi connectivity index (χ4v) is 3.97. The molecule has 2 heteroatoms. The molecule has 0 radical (unpaired) electrons. The van der Waals surface area contributed by atoms with Crippen molar-refractivity contribution in [3.05, 3.63) is 0 Å². The van der Waals surface area contributed by atoms with Crippen molar-refractivity contribution < 1.29 is 4.74 Å². The maximum Gasteiger partial charge on any atom is 0.0576 e. The van der Waals surface area contributed by atoms with Crippen LogP contribution in [0.4, 0.5) is 0 Å². The highest BCUT2D eigenvalue weighted by molar-refractivity contribution is 4.87. The Morgan fingerprint density at radius 2 is 1.95 bits per heavy atom. The summed E-state index contributed by atoms with van der Waals surface area (Å²) in [5.41, 5.74) is 6.58. The Morgan fingerprint density at radius 3 is 2.53 bits per heavy atom. The van der Waals surface area contributed by atoms with Crippen molar-refractivity contribution in [3.63, 3.8) is 0 Å². The third kappa shape index (κ3) is 4.46. The van der Waals surface area contributed by atoms with Crippen LogP contribution in [0.5, 0.6) is 0 Å². The summed E-state index contributed by atoms with van der Waals surface area (Å²) >= 11 is 0. The van der Waals surface area contributed by atoms with E-state index in [9.17, 15) is 0 Å². The van der Waals surface area contributed by atoms with Gasteiger partial charge < -0.3 is 10.5 Å². The van der Waals surface area contributed by atoms with Gasteiger partial charge in [-0.1, -0.05) is 26.2 Å². The molecule has 112 valence electrons. The molecule has 0 spiro atoms. The van der Waals surface area contributed by atoms with Crippen LogP contribution >= 0.6 is 0 Å². The first-order valence-electron chi connectivity index (χ1n) is 8.60. The van der Waals surface area contributed by atoms with E-state index in [1.54, 1.807) is 0 Å². The van der Waals surface area contributed by atoms with Crippen molar-refractivity contribution in [1.29, 1.82) is 0 Å². The third-order valence-electron chi connectivity index (χ3n) is 5.59. The molecule has 1 heterocycles. The summed E-state index contributed by atoms with van der Waals surface area (Å²) in [7, 11) is 0. The molecule has 0 aromatic heterocycles. The summed E-state index contributed by atoms with van der Waals surface area (Å²) in [6.07, 6.45) is 15.4. The van der Waals surface area contributed by atoms with Crippen LogP contribution in [0.25, 0.3) is 0 Å². The van der Waals surface area contributed by atoms with Gasteiger partial charge >= 0.3 is 0 Å². The molecule has 0 bridgehead atoms. The smallest absolute Gasteiger partial charge is 0.0576 e. The molecule has 1 saturated heterocycles. The first-order chi connectivity index (χ1) is 9.28. The van der Waals surface area contributed by atoms with Crippen molar-refractivity contribution >= 4 is 0 Å². The molecule has 1 atom stereocenters. The van der Waals surface area contributed by atoms with Gasteiger partial charge in [-0.2, -0.15) is 0 Å². The van der Waals surface area contributed by atoms with Crippen molar-refractivity contribution in [2.75, 3.05) is 13.2 Å². The van der Waals surface area contributed by atoms with Gasteiger partial charge in [0, 0.05) is 6.61 Å². The number of hydrogen-bond acceptors (Lipinski definition) is 2. The highest BCUT2D eigenvalue weighted by Gasteiger charge is 2.34. The van der Waals surface area contributed by atoms with Crippen molar-refractivity contribution in [2.24, 2.45) is 17.1 Å². The lowest BCUT2D eigenvalue weighted by Crippen LogP contribution is -2.35. The molecule has 1 aliphatic carbocycles. The summed E-state index contributed by atoms with van der Waals surface area (Å²) in [5.74, 6) is 0.988. The second kappa shape index (κ2) is 7.64. The highest BCUT2D eigenvalue weighted by Crippen LogP contribution is 2.43. The Kier molecular flexibility index (Phi) is 6.15.